The molecule has 54 heavy (non-hydrogen) atoms. The first-order valence-electron chi connectivity index (χ1n) is 15.7. The number of ether oxygens (including phenoxy) is 8. The summed E-state index contributed by atoms with van der Waals surface area (Å²) in [7, 11) is -5.71. The van der Waals surface area contributed by atoms with Crippen LogP contribution in [-0.4, -0.2) is 124 Å². The van der Waals surface area contributed by atoms with Crippen molar-refractivity contribution in [2.75, 3.05) is 18.9 Å². The Balaban J connectivity index is 1.55. The highest BCUT2D eigenvalue weighted by Gasteiger charge is 2.58. The number of carbonyl (C=O) groups is 5. The summed E-state index contributed by atoms with van der Waals surface area (Å²) in [4.78, 5) is 80.8. The van der Waals surface area contributed by atoms with Crippen LogP contribution in [-0.2, 0) is 86.8 Å². The normalized spacial score (nSPS) is 31.6. The summed E-state index contributed by atoms with van der Waals surface area (Å²) in [6.07, 6.45) is -15.4. The van der Waals surface area contributed by atoms with E-state index < -0.39 is 125 Å². The second-order valence-electron chi connectivity index (χ2n) is 12.3. The molecule has 4 rings (SSSR count). The van der Waals surface area contributed by atoms with Crippen molar-refractivity contribution in [1.82, 2.24) is 9.78 Å². The average Bonchev–Trinajstić information content (AvgIpc) is 3.65. The van der Waals surface area contributed by atoms with E-state index in [0.29, 0.717) is 0 Å². The molecule has 3 saturated heterocycles. The number of aromatic nitrogens is 2. The van der Waals surface area contributed by atoms with Crippen molar-refractivity contribution in [2.24, 2.45) is 5.73 Å². The van der Waals surface area contributed by atoms with Gasteiger partial charge in [0.15, 0.2) is 30.3 Å². The minimum Gasteiger partial charge on any atom is -0.463 e. The number of fused-ring (bicyclic) bond motifs is 1. The molecular formula is C27H39FN4O19P2S. The number of alkyl halides is 1. The summed E-state index contributed by atoms with van der Waals surface area (Å²) in [5.41, 5.74) is 11.5. The van der Waals surface area contributed by atoms with Crippen molar-refractivity contribution < 1.29 is 94.0 Å². The van der Waals surface area contributed by atoms with Gasteiger partial charge in [0.25, 0.3) is 0 Å². The van der Waals surface area contributed by atoms with Gasteiger partial charge in [0, 0.05) is 33.3 Å². The molecule has 0 spiro atoms. The maximum Gasteiger partial charge on any atom is 0.481 e. The lowest BCUT2D eigenvalue weighted by Gasteiger charge is -2.44. The lowest BCUT2D eigenvalue weighted by Crippen LogP contribution is -2.64. The SMILES string of the molecule is CC(=O)OC[C@H](F)[C@H]1O[C@@H](OP(=O)(O)OP(O)(=S)OC[C@H]2OC(c3cnn(C(N)=O)c3N)[C@@H]3OC(C)(C)O[C@H]23)[C@@H](OC(C)=O)[C@@H](OC(C)=O)[C@@H]1OC(C)=O. The Morgan fingerprint density at radius 3 is 2.11 bits per heavy atom. The number of esters is 4. The first kappa shape index (κ1) is 43.5. The predicted octanol–water partition coefficient (Wildman–Crippen LogP) is 0.140. The van der Waals surface area contributed by atoms with Crippen LogP contribution in [0.1, 0.15) is 53.2 Å². The second kappa shape index (κ2) is 16.9. The topological polar surface area (TPSA) is 314 Å². The molecule has 23 nitrogen and oxygen atoms in total. The molecule has 0 aromatic carbocycles. The van der Waals surface area contributed by atoms with Gasteiger partial charge in [-0.3, -0.25) is 23.7 Å². The number of hydrogen-bond acceptors (Lipinski definition) is 20. The van der Waals surface area contributed by atoms with Crippen LogP contribution < -0.4 is 11.5 Å². The standard InChI is InChI=1S/C27H39FN4O19P2S/c1-10(33)41-8-15(28)18-20(43-11(2)34)21(44-12(3)35)23(45-13(4)36)25(47-18)50-52(38,39)51-53(40,54)42-9-16-19-22(49-27(5,6)48-19)17(46-16)14-7-31-32(24(14)29)26(30)37/h7,15-23,25H,8-9,29H2,1-6H3,(H2,30,37)(H,38,39)(H,40,54)/t15-,16+,17?,18+,19+,20+,21-,22-,23-,25-,53?/m0/s1. The highest BCUT2D eigenvalue weighted by atomic mass is 32.5. The fraction of sp³-hybridized carbons (Fsp3) is 0.704. The van der Waals surface area contributed by atoms with Crippen molar-refractivity contribution in [3.05, 3.63) is 11.8 Å². The van der Waals surface area contributed by atoms with E-state index in [9.17, 15) is 38.3 Å². The van der Waals surface area contributed by atoms with E-state index in [2.05, 4.69) is 9.84 Å². The quantitative estimate of drug-likeness (QED) is 0.110. The molecule has 0 bridgehead atoms. The van der Waals surface area contributed by atoms with Crippen molar-refractivity contribution in [3.8, 4) is 0 Å². The Labute approximate surface area is 310 Å². The number of nitrogens with zero attached hydrogens (tertiary/aromatic N) is 2. The maximum absolute atomic E-state index is 15.5. The van der Waals surface area contributed by atoms with Gasteiger partial charge in [0.2, 0.25) is 6.29 Å². The zero-order valence-electron chi connectivity index (χ0n) is 29.3. The molecule has 3 aliphatic rings. The Kier molecular flexibility index (Phi) is 13.6. The Morgan fingerprint density at radius 1 is 0.981 bits per heavy atom. The molecule has 304 valence electrons. The van der Waals surface area contributed by atoms with Crippen LogP contribution in [0.25, 0.3) is 0 Å². The monoisotopic (exact) mass is 836 g/mol. The number of halogens is 1. The molecule has 0 saturated carbocycles. The number of phosphoric ester groups is 1. The number of anilines is 1. The van der Waals surface area contributed by atoms with Crippen molar-refractivity contribution in [2.45, 2.75) is 109 Å². The summed E-state index contributed by atoms with van der Waals surface area (Å²) < 4.78 is 88.2. The van der Waals surface area contributed by atoms with Gasteiger partial charge >= 0.3 is 44.4 Å². The summed E-state index contributed by atoms with van der Waals surface area (Å²) in [6.45, 7) is 0.347. The number of phosphoric acid groups is 1. The number of carbonyl (C=O) groups excluding carboxylic acids is 5. The van der Waals surface area contributed by atoms with E-state index in [4.69, 9.17) is 69.8 Å². The van der Waals surface area contributed by atoms with Crippen LogP contribution in [0.3, 0.4) is 0 Å². The lowest BCUT2D eigenvalue weighted by molar-refractivity contribution is -0.296. The number of hydrogen-bond donors (Lipinski definition) is 4. The van der Waals surface area contributed by atoms with Gasteiger partial charge < -0.3 is 63.7 Å². The fourth-order valence-electron chi connectivity index (χ4n) is 5.78. The Morgan fingerprint density at radius 2 is 1.56 bits per heavy atom. The molecule has 0 radical (unpaired) electrons. The van der Waals surface area contributed by atoms with E-state index in [-0.39, 0.29) is 11.4 Å². The van der Waals surface area contributed by atoms with Gasteiger partial charge in [-0.2, -0.15) is 9.78 Å². The molecule has 3 aliphatic heterocycles. The van der Waals surface area contributed by atoms with Gasteiger partial charge in [0.1, 0.15) is 42.9 Å². The number of amides is 1. The molecule has 12 atom stereocenters. The highest BCUT2D eigenvalue weighted by Crippen LogP contribution is 2.62. The van der Waals surface area contributed by atoms with Gasteiger partial charge in [-0.25, -0.2) is 18.1 Å². The first-order chi connectivity index (χ1) is 24.9. The van der Waals surface area contributed by atoms with Gasteiger partial charge in [0.05, 0.1) is 12.8 Å². The van der Waals surface area contributed by atoms with Crippen molar-refractivity contribution >= 4 is 62.1 Å². The third-order valence-electron chi connectivity index (χ3n) is 7.59. The molecule has 27 heteroatoms. The van der Waals surface area contributed by atoms with Crippen LogP contribution in [0.4, 0.5) is 15.0 Å². The molecule has 0 aliphatic carbocycles. The average molecular weight is 837 g/mol. The third kappa shape index (κ3) is 10.8. The van der Waals surface area contributed by atoms with Crippen LogP contribution in [0.15, 0.2) is 6.20 Å². The highest BCUT2D eigenvalue weighted by molar-refractivity contribution is 8.08. The molecule has 1 aromatic heterocycles. The summed E-state index contributed by atoms with van der Waals surface area (Å²) >= 11 is 4.94. The van der Waals surface area contributed by atoms with Gasteiger partial charge in [-0.1, -0.05) is 0 Å². The minimum absolute atomic E-state index is 0.157. The van der Waals surface area contributed by atoms with Gasteiger partial charge in [-0.15, -0.1) is 0 Å². The first-order valence-corrected chi connectivity index (χ1v) is 19.8. The van der Waals surface area contributed by atoms with Crippen LogP contribution in [0.2, 0.25) is 0 Å². The van der Waals surface area contributed by atoms with Crippen molar-refractivity contribution in [3.63, 3.8) is 0 Å². The van der Waals surface area contributed by atoms with E-state index in [1.165, 1.54) is 6.20 Å². The molecule has 3 fully saturated rings. The number of nitrogen functional groups attached to an aromatic ring is 1. The Bertz CT molecular complexity index is 1720. The van der Waals surface area contributed by atoms with E-state index in [0.717, 1.165) is 32.4 Å². The molecule has 1 amide bonds. The second-order valence-corrected chi connectivity index (χ2v) is 16.7. The third-order valence-corrected chi connectivity index (χ3v) is 11.1. The number of primary amides is 1. The number of nitrogens with two attached hydrogens (primary N) is 2. The Hall–Kier alpha value is -3.19. The van der Waals surface area contributed by atoms with Crippen LogP contribution in [0, 0.1) is 0 Å². The fourth-order valence-corrected chi connectivity index (χ4v) is 8.87. The molecule has 3 unspecified atom stereocenters. The summed E-state index contributed by atoms with van der Waals surface area (Å²) in [5.74, 6) is -5.47. The zero-order valence-corrected chi connectivity index (χ0v) is 31.9. The van der Waals surface area contributed by atoms with E-state index >= 15 is 4.39 Å². The van der Waals surface area contributed by atoms with E-state index in [1.807, 2.05) is 0 Å². The van der Waals surface area contributed by atoms with Gasteiger partial charge in [-0.05, 0) is 25.7 Å². The summed E-state index contributed by atoms with van der Waals surface area (Å²) in [6, 6.07) is -0.975. The van der Waals surface area contributed by atoms with Crippen LogP contribution in [0.5, 0.6) is 0 Å². The zero-order chi connectivity index (χ0) is 40.5. The maximum atomic E-state index is 15.5. The molecule has 4 heterocycles. The molecule has 1 aromatic rings. The lowest BCUT2D eigenvalue weighted by atomic mass is 9.95. The smallest absolute Gasteiger partial charge is 0.463 e. The largest absolute Gasteiger partial charge is 0.481 e. The van der Waals surface area contributed by atoms with Crippen molar-refractivity contribution in [1.29, 1.82) is 0 Å². The van der Waals surface area contributed by atoms with E-state index in [1.54, 1.807) is 13.8 Å². The minimum atomic E-state index is -5.71. The number of rotatable bonds is 14. The summed E-state index contributed by atoms with van der Waals surface area (Å²) in [5, 5.41) is 3.84. The molecule has 6 N–H and O–H groups in total. The molecular weight excluding hydrogens is 797 g/mol. The predicted molar refractivity (Wildman–Crippen MR) is 174 cm³/mol. The van der Waals surface area contributed by atoms with Crippen LogP contribution >= 0.6 is 14.5 Å².